The first-order valence-corrected chi connectivity index (χ1v) is 6.11. The summed E-state index contributed by atoms with van der Waals surface area (Å²) in [5, 5.41) is 12.0. The maximum atomic E-state index is 11.1. The van der Waals surface area contributed by atoms with Gasteiger partial charge in [0.25, 0.3) is 0 Å². The Kier molecular flexibility index (Phi) is 5.90. The van der Waals surface area contributed by atoms with E-state index in [-0.39, 0.29) is 0 Å². The molecule has 0 radical (unpaired) electrons. The number of carboxylic acid groups (broad SMARTS) is 1. The van der Waals surface area contributed by atoms with Gasteiger partial charge in [-0.1, -0.05) is 19.8 Å². The molecular weight excluding hydrogens is 234 g/mol. The summed E-state index contributed by atoms with van der Waals surface area (Å²) in [6, 6.07) is -0.642. The van der Waals surface area contributed by atoms with E-state index in [0.29, 0.717) is 24.7 Å². The van der Waals surface area contributed by atoms with Gasteiger partial charge in [0, 0.05) is 0 Å². The average Bonchev–Trinajstić information content (AvgIpc) is 2.35. The fourth-order valence-corrected chi connectivity index (χ4v) is 1.48. The lowest BCUT2D eigenvalue weighted by Crippen LogP contribution is -2.29. The molecule has 0 saturated carbocycles. The summed E-state index contributed by atoms with van der Waals surface area (Å²) in [7, 11) is 0. The van der Waals surface area contributed by atoms with Crippen LogP contribution in [0, 0.1) is 0 Å². The maximum absolute atomic E-state index is 11.1. The molecule has 0 aliphatic heterocycles. The second kappa shape index (κ2) is 7.47. The number of hydrogen-bond acceptors (Lipinski definition) is 5. The zero-order valence-electron chi connectivity index (χ0n) is 10.7. The number of ether oxygens (including phenoxy) is 1. The van der Waals surface area contributed by atoms with E-state index in [2.05, 4.69) is 15.3 Å². The number of carboxylic acids is 1. The van der Waals surface area contributed by atoms with Gasteiger partial charge in [0.15, 0.2) is 0 Å². The summed E-state index contributed by atoms with van der Waals surface area (Å²) in [5.74, 6) is -0.0707. The number of carbonyl (C=O) groups is 1. The third-order valence-electron chi connectivity index (χ3n) is 2.37. The molecule has 1 rings (SSSR count). The predicted octanol–water partition coefficient (Wildman–Crippen LogP) is 1.93. The van der Waals surface area contributed by atoms with Crippen LogP contribution in [0.1, 0.15) is 33.1 Å². The van der Waals surface area contributed by atoms with Gasteiger partial charge in [0.2, 0.25) is 5.88 Å². The molecule has 0 aliphatic carbocycles. The summed E-state index contributed by atoms with van der Waals surface area (Å²) < 4.78 is 5.21. The molecule has 0 aliphatic rings. The average molecular weight is 253 g/mol. The van der Waals surface area contributed by atoms with Crippen LogP contribution in [0.5, 0.6) is 5.88 Å². The van der Waals surface area contributed by atoms with Crippen molar-refractivity contribution in [3.63, 3.8) is 0 Å². The molecule has 0 aromatic carbocycles. The van der Waals surface area contributed by atoms with Gasteiger partial charge >= 0.3 is 5.97 Å². The van der Waals surface area contributed by atoms with Crippen molar-refractivity contribution >= 4 is 11.8 Å². The highest BCUT2D eigenvalue weighted by molar-refractivity contribution is 5.76. The van der Waals surface area contributed by atoms with Crippen molar-refractivity contribution in [3.05, 3.63) is 12.4 Å². The van der Waals surface area contributed by atoms with Gasteiger partial charge in [-0.2, -0.15) is 4.98 Å². The summed E-state index contributed by atoms with van der Waals surface area (Å²) in [6.45, 7) is 4.37. The number of hydrogen-bond donors (Lipinski definition) is 2. The van der Waals surface area contributed by atoms with E-state index >= 15 is 0 Å². The Bertz CT molecular complexity index is 385. The Balaban J connectivity index is 2.67. The number of aromatic nitrogens is 2. The molecule has 18 heavy (non-hydrogen) atoms. The molecule has 1 heterocycles. The molecule has 0 bridgehead atoms. The van der Waals surface area contributed by atoms with Crippen LogP contribution in [0.2, 0.25) is 0 Å². The topological polar surface area (TPSA) is 84.3 Å². The van der Waals surface area contributed by atoms with Crippen LogP contribution >= 0.6 is 0 Å². The summed E-state index contributed by atoms with van der Waals surface area (Å²) in [4.78, 5) is 19.2. The molecule has 6 heteroatoms. The van der Waals surface area contributed by atoms with Crippen molar-refractivity contribution in [2.24, 2.45) is 0 Å². The van der Waals surface area contributed by atoms with E-state index in [4.69, 9.17) is 9.84 Å². The monoisotopic (exact) mass is 253 g/mol. The lowest BCUT2D eigenvalue weighted by Gasteiger charge is -2.14. The minimum absolute atomic E-state index is 0.391. The highest BCUT2D eigenvalue weighted by atomic mass is 16.5. The van der Waals surface area contributed by atoms with Gasteiger partial charge in [-0.3, -0.25) is 4.98 Å². The summed E-state index contributed by atoms with van der Waals surface area (Å²) in [6.07, 6.45) is 5.35. The molecule has 1 aromatic heterocycles. The van der Waals surface area contributed by atoms with Crippen LogP contribution in [0.15, 0.2) is 12.4 Å². The SMILES string of the molecule is CCCCC(Nc1cncc(OCC)n1)C(=O)O. The number of nitrogens with one attached hydrogen (secondary N) is 1. The van der Waals surface area contributed by atoms with Crippen molar-refractivity contribution in [1.82, 2.24) is 9.97 Å². The second-order valence-electron chi connectivity index (χ2n) is 3.85. The summed E-state index contributed by atoms with van der Waals surface area (Å²) in [5.41, 5.74) is 0. The number of rotatable bonds is 8. The third-order valence-corrected chi connectivity index (χ3v) is 2.37. The number of nitrogens with zero attached hydrogens (tertiary/aromatic N) is 2. The fourth-order valence-electron chi connectivity index (χ4n) is 1.48. The fraction of sp³-hybridized carbons (Fsp3) is 0.583. The first-order valence-electron chi connectivity index (χ1n) is 6.11. The van der Waals surface area contributed by atoms with E-state index < -0.39 is 12.0 Å². The van der Waals surface area contributed by atoms with Crippen LogP contribution in [-0.2, 0) is 4.79 Å². The minimum atomic E-state index is -0.882. The van der Waals surface area contributed by atoms with Gasteiger partial charge in [-0.25, -0.2) is 4.79 Å². The van der Waals surface area contributed by atoms with Crippen LogP contribution in [-0.4, -0.2) is 33.7 Å². The van der Waals surface area contributed by atoms with Crippen molar-refractivity contribution in [1.29, 1.82) is 0 Å². The summed E-state index contributed by atoms with van der Waals surface area (Å²) >= 11 is 0. The van der Waals surface area contributed by atoms with E-state index in [0.717, 1.165) is 12.8 Å². The quantitative estimate of drug-likeness (QED) is 0.736. The number of anilines is 1. The molecule has 100 valence electrons. The van der Waals surface area contributed by atoms with E-state index in [1.807, 2.05) is 13.8 Å². The highest BCUT2D eigenvalue weighted by Gasteiger charge is 2.17. The molecule has 2 N–H and O–H groups in total. The Morgan fingerprint density at radius 3 is 2.89 bits per heavy atom. The number of unbranched alkanes of at least 4 members (excludes halogenated alkanes) is 1. The molecule has 0 saturated heterocycles. The Morgan fingerprint density at radius 2 is 2.28 bits per heavy atom. The smallest absolute Gasteiger partial charge is 0.326 e. The highest BCUT2D eigenvalue weighted by Crippen LogP contribution is 2.12. The van der Waals surface area contributed by atoms with E-state index in [1.54, 1.807) is 0 Å². The zero-order valence-corrected chi connectivity index (χ0v) is 10.7. The third kappa shape index (κ3) is 4.57. The van der Waals surface area contributed by atoms with Gasteiger partial charge in [-0.05, 0) is 13.3 Å². The Morgan fingerprint density at radius 1 is 1.50 bits per heavy atom. The van der Waals surface area contributed by atoms with Crippen LogP contribution < -0.4 is 10.1 Å². The Labute approximate surface area is 106 Å². The normalized spacial score (nSPS) is 11.9. The standard InChI is InChI=1S/C12H19N3O3/c1-3-5-6-9(12(16)17)14-10-7-13-8-11(15-10)18-4-2/h7-9H,3-6H2,1-2H3,(H,14,15)(H,16,17). The maximum Gasteiger partial charge on any atom is 0.326 e. The van der Waals surface area contributed by atoms with E-state index in [1.165, 1.54) is 12.4 Å². The van der Waals surface area contributed by atoms with Crippen LogP contribution in [0.4, 0.5) is 5.82 Å². The van der Waals surface area contributed by atoms with Crippen LogP contribution in [0.3, 0.4) is 0 Å². The van der Waals surface area contributed by atoms with E-state index in [9.17, 15) is 4.79 Å². The van der Waals surface area contributed by atoms with Gasteiger partial charge in [-0.15, -0.1) is 0 Å². The molecule has 1 atom stereocenters. The lowest BCUT2D eigenvalue weighted by molar-refractivity contribution is -0.138. The molecule has 1 unspecified atom stereocenters. The molecule has 6 nitrogen and oxygen atoms in total. The van der Waals surface area contributed by atoms with Crippen LogP contribution in [0.25, 0.3) is 0 Å². The second-order valence-corrected chi connectivity index (χ2v) is 3.85. The van der Waals surface area contributed by atoms with Crippen molar-refractivity contribution in [2.45, 2.75) is 39.2 Å². The largest absolute Gasteiger partial charge is 0.480 e. The van der Waals surface area contributed by atoms with Gasteiger partial charge in [0.1, 0.15) is 11.9 Å². The first-order chi connectivity index (χ1) is 8.67. The van der Waals surface area contributed by atoms with Gasteiger partial charge in [0.05, 0.1) is 19.0 Å². The molecule has 0 spiro atoms. The molecule has 0 fully saturated rings. The van der Waals surface area contributed by atoms with Crippen molar-refractivity contribution in [3.8, 4) is 5.88 Å². The Hall–Kier alpha value is -1.85. The zero-order chi connectivity index (χ0) is 13.4. The van der Waals surface area contributed by atoms with Crippen molar-refractivity contribution in [2.75, 3.05) is 11.9 Å². The minimum Gasteiger partial charge on any atom is -0.480 e. The lowest BCUT2D eigenvalue weighted by atomic mass is 10.1. The number of aliphatic carboxylic acids is 1. The molecule has 1 aromatic rings. The molecular formula is C12H19N3O3. The van der Waals surface area contributed by atoms with Gasteiger partial charge < -0.3 is 15.2 Å². The first kappa shape index (κ1) is 14.2. The molecule has 0 amide bonds. The van der Waals surface area contributed by atoms with Crippen molar-refractivity contribution < 1.29 is 14.6 Å². The predicted molar refractivity (Wildman–Crippen MR) is 67.8 cm³/mol.